The van der Waals surface area contributed by atoms with E-state index < -0.39 is 0 Å². The summed E-state index contributed by atoms with van der Waals surface area (Å²) in [4.78, 5) is 19.0. The van der Waals surface area contributed by atoms with E-state index in [4.69, 9.17) is 11.6 Å². The highest BCUT2D eigenvalue weighted by Crippen LogP contribution is 2.44. The molecule has 3 rings (SSSR count). The minimum Gasteiger partial charge on any atom is -0.328 e. The smallest absolute Gasteiger partial charge is 0.143 e. The molecule has 1 aromatic heterocycles. The van der Waals surface area contributed by atoms with Crippen LogP contribution in [0.2, 0.25) is 5.15 Å². The second-order valence-electron chi connectivity index (χ2n) is 6.12. The molecule has 1 aliphatic heterocycles. The standard InChI is InChI=1S/C15H16BrClN2O/c1-15(2)6-10-14(11(20)7-15)9(16)8-19(10)13-5-3-4-12(17)18-13/h3-6,9,14H,7-8H2,1-2H3. The molecular formula is C15H16BrClN2O. The number of Topliss-reactive ketones (excluding diaryl/α,β-unsaturated/α-hetero) is 1. The predicted molar refractivity (Wildman–Crippen MR) is 84.3 cm³/mol. The Morgan fingerprint density at radius 1 is 1.45 bits per heavy atom. The van der Waals surface area contributed by atoms with Crippen molar-refractivity contribution in [3.63, 3.8) is 0 Å². The minimum atomic E-state index is -0.100. The van der Waals surface area contributed by atoms with E-state index in [2.05, 4.69) is 45.7 Å². The summed E-state index contributed by atoms with van der Waals surface area (Å²) in [6.07, 6.45) is 2.81. The van der Waals surface area contributed by atoms with Gasteiger partial charge in [0.05, 0.1) is 5.92 Å². The molecule has 0 saturated carbocycles. The van der Waals surface area contributed by atoms with Crippen LogP contribution in [0.3, 0.4) is 0 Å². The maximum Gasteiger partial charge on any atom is 0.143 e. The summed E-state index contributed by atoms with van der Waals surface area (Å²) in [5.41, 5.74) is 0.958. The fourth-order valence-corrected chi connectivity index (χ4v) is 4.07. The van der Waals surface area contributed by atoms with Gasteiger partial charge in [-0.1, -0.05) is 53.5 Å². The number of rotatable bonds is 1. The fourth-order valence-electron chi connectivity index (χ4n) is 3.06. The monoisotopic (exact) mass is 354 g/mol. The van der Waals surface area contributed by atoms with Gasteiger partial charge in [0.2, 0.25) is 0 Å². The van der Waals surface area contributed by atoms with Gasteiger partial charge >= 0.3 is 0 Å². The molecule has 1 aliphatic carbocycles. The Morgan fingerprint density at radius 2 is 2.20 bits per heavy atom. The zero-order valence-corrected chi connectivity index (χ0v) is 13.8. The van der Waals surface area contributed by atoms with Crippen molar-refractivity contribution in [2.24, 2.45) is 11.3 Å². The van der Waals surface area contributed by atoms with Crippen molar-refractivity contribution in [3.8, 4) is 0 Å². The molecule has 1 aromatic rings. The van der Waals surface area contributed by atoms with Crippen molar-refractivity contribution in [2.45, 2.75) is 25.1 Å². The van der Waals surface area contributed by atoms with Crippen LogP contribution in [0, 0.1) is 11.3 Å². The van der Waals surface area contributed by atoms with Gasteiger partial charge < -0.3 is 4.90 Å². The van der Waals surface area contributed by atoms with Crippen molar-refractivity contribution >= 4 is 39.1 Å². The van der Waals surface area contributed by atoms with E-state index in [-0.39, 0.29) is 16.2 Å². The number of alkyl halides is 1. The molecule has 20 heavy (non-hydrogen) atoms. The molecule has 2 heterocycles. The third-order valence-corrected chi connectivity index (χ3v) is 4.87. The van der Waals surface area contributed by atoms with Gasteiger partial charge in [0.15, 0.2) is 0 Å². The number of halogens is 2. The van der Waals surface area contributed by atoms with Crippen LogP contribution in [0.25, 0.3) is 0 Å². The molecule has 0 aromatic carbocycles. The number of hydrogen-bond acceptors (Lipinski definition) is 3. The van der Waals surface area contributed by atoms with Gasteiger partial charge in [-0.3, -0.25) is 4.79 Å². The number of nitrogens with zero attached hydrogens (tertiary/aromatic N) is 2. The molecule has 2 unspecified atom stereocenters. The van der Waals surface area contributed by atoms with Crippen molar-refractivity contribution in [3.05, 3.63) is 35.1 Å². The Kier molecular flexibility index (Phi) is 3.41. The van der Waals surface area contributed by atoms with Crippen molar-refractivity contribution < 1.29 is 4.79 Å². The highest BCUT2D eigenvalue weighted by molar-refractivity contribution is 9.09. The molecule has 5 heteroatoms. The zero-order chi connectivity index (χ0) is 14.5. The summed E-state index contributed by atoms with van der Waals surface area (Å²) in [6, 6.07) is 5.58. The summed E-state index contributed by atoms with van der Waals surface area (Å²) in [6.45, 7) is 4.93. The van der Waals surface area contributed by atoms with Crippen LogP contribution in [-0.2, 0) is 4.79 Å². The number of carbonyl (C=O) groups excluding carboxylic acids is 1. The van der Waals surface area contributed by atoms with E-state index in [1.807, 2.05) is 12.1 Å². The van der Waals surface area contributed by atoms with E-state index in [0.717, 1.165) is 18.1 Å². The first-order valence-corrected chi connectivity index (χ1v) is 7.96. The quantitative estimate of drug-likeness (QED) is 0.567. The lowest BCUT2D eigenvalue weighted by Crippen LogP contribution is -2.32. The Hall–Kier alpha value is -0.870. The number of hydrogen-bond donors (Lipinski definition) is 0. The maximum atomic E-state index is 12.4. The number of anilines is 1. The van der Waals surface area contributed by atoms with Gasteiger partial charge in [-0.15, -0.1) is 0 Å². The van der Waals surface area contributed by atoms with Crippen molar-refractivity contribution in [1.82, 2.24) is 4.98 Å². The molecule has 0 N–H and O–H groups in total. The van der Waals surface area contributed by atoms with E-state index in [9.17, 15) is 4.79 Å². The number of aromatic nitrogens is 1. The Balaban J connectivity index is 2.06. The van der Waals surface area contributed by atoms with Crippen LogP contribution in [0.1, 0.15) is 20.3 Å². The molecule has 0 spiro atoms. The summed E-state index contributed by atoms with van der Waals surface area (Å²) in [5.74, 6) is 1.05. The molecule has 2 atom stereocenters. The highest BCUT2D eigenvalue weighted by atomic mass is 79.9. The third kappa shape index (κ3) is 2.40. The molecule has 106 valence electrons. The number of fused-ring (bicyclic) bond motifs is 1. The summed E-state index contributed by atoms with van der Waals surface area (Å²) in [5, 5.41) is 0.471. The molecule has 3 nitrogen and oxygen atoms in total. The SMILES string of the molecule is CC1(C)C=C2C(C(=O)C1)C(Br)CN2c1cccc(Cl)n1. The average Bonchev–Trinajstić information content (AvgIpc) is 2.64. The highest BCUT2D eigenvalue weighted by Gasteiger charge is 2.45. The minimum absolute atomic E-state index is 0.0659. The number of allylic oxidation sites excluding steroid dienone is 2. The van der Waals surface area contributed by atoms with Gasteiger partial charge in [-0.2, -0.15) is 0 Å². The molecule has 1 fully saturated rings. The van der Waals surface area contributed by atoms with Gasteiger partial charge in [0.25, 0.3) is 0 Å². The molecule has 0 bridgehead atoms. The lowest BCUT2D eigenvalue weighted by Gasteiger charge is -2.32. The van der Waals surface area contributed by atoms with Gasteiger partial charge in [0.1, 0.15) is 16.8 Å². The number of ketones is 1. The first-order chi connectivity index (χ1) is 9.37. The predicted octanol–water partition coefficient (Wildman–Crippen LogP) is 3.82. The Labute approximate surface area is 132 Å². The van der Waals surface area contributed by atoms with Gasteiger partial charge in [-0.25, -0.2) is 4.98 Å². The molecule has 0 amide bonds. The maximum absolute atomic E-state index is 12.4. The molecule has 2 aliphatic rings. The van der Waals surface area contributed by atoms with Crippen LogP contribution < -0.4 is 4.90 Å². The Bertz CT molecular complexity index is 599. The topological polar surface area (TPSA) is 33.2 Å². The van der Waals surface area contributed by atoms with Crippen molar-refractivity contribution in [1.29, 1.82) is 0 Å². The van der Waals surface area contributed by atoms with Crippen LogP contribution >= 0.6 is 27.5 Å². The fraction of sp³-hybridized carbons (Fsp3) is 0.467. The van der Waals surface area contributed by atoms with E-state index in [1.165, 1.54) is 0 Å². The summed E-state index contributed by atoms with van der Waals surface area (Å²) in [7, 11) is 0. The number of carbonyl (C=O) groups is 1. The summed E-state index contributed by atoms with van der Waals surface area (Å²) >= 11 is 9.63. The van der Waals surface area contributed by atoms with E-state index in [0.29, 0.717) is 17.4 Å². The average molecular weight is 356 g/mol. The first kappa shape index (κ1) is 14.1. The van der Waals surface area contributed by atoms with Gasteiger partial charge in [-0.05, 0) is 17.5 Å². The normalized spacial score (nSPS) is 28.3. The summed E-state index contributed by atoms with van der Waals surface area (Å²) < 4.78 is 0. The second kappa shape index (κ2) is 4.85. The second-order valence-corrected chi connectivity index (χ2v) is 7.69. The van der Waals surface area contributed by atoms with Crippen LogP contribution in [-0.4, -0.2) is 22.1 Å². The zero-order valence-electron chi connectivity index (χ0n) is 11.4. The van der Waals surface area contributed by atoms with Crippen LogP contribution in [0.15, 0.2) is 30.0 Å². The number of pyridine rings is 1. The van der Waals surface area contributed by atoms with Gasteiger partial charge in [0, 0.05) is 23.5 Å². The molecule has 0 radical (unpaired) electrons. The molecular weight excluding hydrogens is 340 g/mol. The van der Waals surface area contributed by atoms with E-state index in [1.54, 1.807) is 6.07 Å². The lowest BCUT2D eigenvalue weighted by molar-refractivity contribution is -0.123. The van der Waals surface area contributed by atoms with Crippen LogP contribution in [0.4, 0.5) is 5.82 Å². The van der Waals surface area contributed by atoms with Crippen LogP contribution in [0.5, 0.6) is 0 Å². The lowest BCUT2D eigenvalue weighted by atomic mass is 9.76. The first-order valence-electron chi connectivity index (χ1n) is 6.67. The Morgan fingerprint density at radius 3 is 2.90 bits per heavy atom. The van der Waals surface area contributed by atoms with E-state index >= 15 is 0 Å². The largest absolute Gasteiger partial charge is 0.328 e. The third-order valence-electron chi connectivity index (χ3n) is 3.84. The van der Waals surface area contributed by atoms with Crippen molar-refractivity contribution in [2.75, 3.05) is 11.4 Å². The molecule has 1 saturated heterocycles.